The van der Waals surface area contributed by atoms with Gasteiger partial charge in [0.15, 0.2) is 0 Å². The van der Waals surface area contributed by atoms with E-state index in [0.717, 1.165) is 11.4 Å². The van der Waals surface area contributed by atoms with Gasteiger partial charge in [-0.1, -0.05) is 6.92 Å². The first-order valence-corrected chi connectivity index (χ1v) is 5.14. The van der Waals surface area contributed by atoms with E-state index in [-0.39, 0.29) is 18.6 Å². The zero-order valence-corrected chi connectivity index (χ0v) is 9.49. The number of rotatable bonds is 4. The molecule has 0 radical (unpaired) electrons. The van der Waals surface area contributed by atoms with Crippen molar-refractivity contribution in [1.29, 1.82) is 0 Å². The van der Waals surface area contributed by atoms with Crippen LogP contribution < -0.4 is 11.1 Å². The normalized spacial score (nSPS) is 14.7. The third-order valence-electron chi connectivity index (χ3n) is 2.67. The molecule has 84 valence electrons. The van der Waals surface area contributed by atoms with Gasteiger partial charge in [-0.2, -0.15) is 0 Å². The second-order valence-corrected chi connectivity index (χ2v) is 4.02. The van der Waals surface area contributed by atoms with Gasteiger partial charge in [0, 0.05) is 12.6 Å². The highest BCUT2D eigenvalue weighted by atomic mass is 16.3. The van der Waals surface area contributed by atoms with E-state index < -0.39 is 0 Å². The van der Waals surface area contributed by atoms with Crippen molar-refractivity contribution in [3.63, 3.8) is 0 Å². The number of aliphatic hydroxyl groups excluding tert-OH is 1. The van der Waals surface area contributed by atoms with Gasteiger partial charge in [-0.25, -0.2) is 4.98 Å². The van der Waals surface area contributed by atoms with Crippen molar-refractivity contribution in [1.82, 2.24) is 4.98 Å². The summed E-state index contributed by atoms with van der Waals surface area (Å²) < 4.78 is 0. The first-order valence-electron chi connectivity index (χ1n) is 5.14. The number of nitrogen functional groups attached to an aromatic ring is 1. The van der Waals surface area contributed by atoms with Crippen LogP contribution in [-0.4, -0.2) is 22.7 Å². The average molecular weight is 209 g/mol. The number of hydrogen-bond donors (Lipinski definition) is 3. The minimum absolute atomic E-state index is 0.169. The van der Waals surface area contributed by atoms with Crippen molar-refractivity contribution in [3.8, 4) is 0 Å². The van der Waals surface area contributed by atoms with Crippen LogP contribution in [-0.2, 0) is 0 Å². The van der Waals surface area contributed by atoms with E-state index in [1.54, 1.807) is 6.20 Å². The number of nitrogens with two attached hydrogens (primary N) is 1. The molecule has 0 aliphatic rings. The van der Waals surface area contributed by atoms with Gasteiger partial charge in [-0.15, -0.1) is 0 Å². The van der Waals surface area contributed by atoms with Crippen LogP contribution in [0.3, 0.4) is 0 Å². The summed E-state index contributed by atoms with van der Waals surface area (Å²) >= 11 is 0. The molecule has 0 aromatic carbocycles. The maximum atomic E-state index is 9.00. The molecule has 0 aliphatic heterocycles. The Bertz CT molecular complexity index is 328. The summed E-state index contributed by atoms with van der Waals surface area (Å²) in [6, 6.07) is 2.10. The van der Waals surface area contributed by atoms with Crippen molar-refractivity contribution < 1.29 is 5.11 Å². The summed E-state index contributed by atoms with van der Waals surface area (Å²) in [5, 5.41) is 12.2. The highest BCUT2D eigenvalue weighted by Crippen LogP contribution is 2.15. The molecule has 4 nitrogen and oxygen atoms in total. The lowest BCUT2D eigenvalue weighted by Crippen LogP contribution is -2.26. The fourth-order valence-corrected chi connectivity index (χ4v) is 1.18. The minimum atomic E-state index is 0.169. The van der Waals surface area contributed by atoms with Crippen molar-refractivity contribution >= 4 is 11.5 Å². The number of nitrogens with one attached hydrogen (secondary N) is 1. The Morgan fingerprint density at radius 2 is 2.20 bits per heavy atom. The van der Waals surface area contributed by atoms with Crippen molar-refractivity contribution in [2.45, 2.75) is 26.8 Å². The van der Waals surface area contributed by atoms with Crippen LogP contribution in [0.4, 0.5) is 11.5 Å². The summed E-state index contributed by atoms with van der Waals surface area (Å²) in [6.07, 6.45) is 1.65. The quantitative estimate of drug-likeness (QED) is 0.701. The van der Waals surface area contributed by atoms with E-state index in [9.17, 15) is 0 Å². The van der Waals surface area contributed by atoms with Crippen LogP contribution >= 0.6 is 0 Å². The predicted molar refractivity (Wildman–Crippen MR) is 62.7 cm³/mol. The molecular weight excluding hydrogens is 190 g/mol. The summed E-state index contributed by atoms with van der Waals surface area (Å²) in [7, 11) is 0. The average Bonchev–Trinajstić information content (AvgIpc) is 2.22. The van der Waals surface area contributed by atoms with E-state index in [1.807, 2.05) is 26.8 Å². The highest BCUT2D eigenvalue weighted by molar-refractivity contribution is 5.51. The fraction of sp³-hybridized carbons (Fsp3) is 0.545. The number of nitrogens with zero attached hydrogens (tertiary/aromatic N) is 1. The van der Waals surface area contributed by atoms with Crippen LogP contribution in [0.2, 0.25) is 0 Å². The van der Waals surface area contributed by atoms with Gasteiger partial charge in [0.2, 0.25) is 0 Å². The fourth-order valence-electron chi connectivity index (χ4n) is 1.18. The third kappa shape index (κ3) is 3.09. The van der Waals surface area contributed by atoms with Crippen molar-refractivity contribution in [3.05, 3.63) is 17.8 Å². The van der Waals surface area contributed by atoms with Crippen LogP contribution in [0, 0.1) is 12.8 Å². The summed E-state index contributed by atoms with van der Waals surface area (Å²) in [6.45, 7) is 6.13. The molecule has 2 unspecified atom stereocenters. The molecule has 2 atom stereocenters. The molecule has 0 fully saturated rings. The van der Waals surface area contributed by atoms with E-state index in [1.165, 1.54) is 0 Å². The van der Waals surface area contributed by atoms with E-state index in [2.05, 4.69) is 10.3 Å². The lowest BCUT2D eigenvalue weighted by atomic mass is 10.1. The van der Waals surface area contributed by atoms with Gasteiger partial charge in [-0.05, 0) is 31.4 Å². The Hall–Kier alpha value is -1.29. The van der Waals surface area contributed by atoms with Crippen molar-refractivity contribution in [2.24, 2.45) is 5.92 Å². The Labute approximate surface area is 90.5 Å². The highest BCUT2D eigenvalue weighted by Gasteiger charge is 2.11. The van der Waals surface area contributed by atoms with Crippen LogP contribution in [0.25, 0.3) is 0 Å². The molecule has 0 spiro atoms. The van der Waals surface area contributed by atoms with Crippen LogP contribution in [0.1, 0.15) is 19.4 Å². The van der Waals surface area contributed by atoms with E-state index in [0.29, 0.717) is 5.69 Å². The Kier molecular flexibility index (Phi) is 3.91. The predicted octanol–water partition coefficient (Wildman–Crippen LogP) is 1.40. The Morgan fingerprint density at radius 3 is 2.73 bits per heavy atom. The molecule has 1 heterocycles. The number of pyridine rings is 1. The van der Waals surface area contributed by atoms with E-state index >= 15 is 0 Å². The molecule has 1 rings (SSSR count). The standard InChI is InChI=1S/C11H19N3O/c1-7-4-11(13-5-10(7)12)14-9(3)8(2)6-15/h4-5,8-9,15H,6,12H2,1-3H3,(H,13,14). The lowest BCUT2D eigenvalue weighted by Gasteiger charge is -2.20. The van der Waals surface area contributed by atoms with Gasteiger partial charge in [0.05, 0.1) is 11.9 Å². The van der Waals surface area contributed by atoms with Crippen LogP contribution in [0.5, 0.6) is 0 Å². The molecule has 1 aromatic rings. The summed E-state index contributed by atoms with van der Waals surface area (Å²) in [4.78, 5) is 4.18. The summed E-state index contributed by atoms with van der Waals surface area (Å²) in [5.41, 5.74) is 7.38. The molecule has 15 heavy (non-hydrogen) atoms. The second-order valence-electron chi connectivity index (χ2n) is 4.02. The Morgan fingerprint density at radius 1 is 1.53 bits per heavy atom. The molecule has 1 aromatic heterocycles. The van der Waals surface area contributed by atoms with Gasteiger partial charge in [-0.3, -0.25) is 0 Å². The third-order valence-corrected chi connectivity index (χ3v) is 2.67. The van der Waals surface area contributed by atoms with Crippen LogP contribution in [0.15, 0.2) is 12.3 Å². The van der Waals surface area contributed by atoms with Gasteiger partial charge < -0.3 is 16.2 Å². The monoisotopic (exact) mass is 209 g/mol. The molecular formula is C11H19N3O. The first kappa shape index (κ1) is 11.8. The zero-order chi connectivity index (χ0) is 11.4. The largest absolute Gasteiger partial charge is 0.397 e. The number of hydrogen-bond acceptors (Lipinski definition) is 4. The van der Waals surface area contributed by atoms with Gasteiger partial charge in [0.25, 0.3) is 0 Å². The maximum absolute atomic E-state index is 9.00. The number of aliphatic hydroxyl groups is 1. The lowest BCUT2D eigenvalue weighted by molar-refractivity contribution is 0.226. The number of aryl methyl sites for hydroxylation is 1. The second kappa shape index (κ2) is 4.98. The smallest absolute Gasteiger partial charge is 0.126 e. The molecule has 0 saturated heterocycles. The Balaban J connectivity index is 2.68. The SMILES string of the molecule is Cc1cc(NC(C)C(C)CO)ncc1N. The number of aromatic nitrogens is 1. The zero-order valence-electron chi connectivity index (χ0n) is 9.49. The summed E-state index contributed by atoms with van der Waals surface area (Å²) in [5.74, 6) is 0.999. The van der Waals surface area contributed by atoms with E-state index in [4.69, 9.17) is 10.8 Å². The molecule has 0 aliphatic carbocycles. The topological polar surface area (TPSA) is 71.2 Å². The number of anilines is 2. The van der Waals surface area contributed by atoms with Gasteiger partial charge in [0.1, 0.15) is 5.82 Å². The molecule has 0 saturated carbocycles. The first-order chi connectivity index (χ1) is 7.04. The molecule has 4 heteroatoms. The molecule has 4 N–H and O–H groups in total. The van der Waals surface area contributed by atoms with Gasteiger partial charge >= 0.3 is 0 Å². The molecule has 0 bridgehead atoms. The minimum Gasteiger partial charge on any atom is -0.397 e. The molecule has 0 amide bonds. The van der Waals surface area contributed by atoms with Crippen molar-refractivity contribution in [2.75, 3.05) is 17.7 Å². The maximum Gasteiger partial charge on any atom is 0.126 e.